The van der Waals surface area contributed by atoms with Crippen LogP contribution in [0.3, 0.4) is 0 Å². The molecule has 0 aliphatic heterocycles. The third-order valence-corrected chi connectivity index (χ3v) is 5.03. The van der Waals surface area contributed by atoms with Crippen LogP contribution >= 0.6 is 0 Å². The molecule has 1 nitrogen and oxygen atoms in total. The maximum atomic E-state index is 12.7. The smallest absolute Gasteiger partial charge is 0.0807 e. The monoisotopic (exact) mass is 278 g/mol. The number of allylic oxidation sites excluding steroid dienone is 2. The molecule has 1 aromatic carbocycles. The van der Waals surface area contributed by atoms with Crippen molar-refractivity contribution in [3.63, 3.8) is 0 Å². The quantitative estimate of drug-likeness (QED) is 0.668. The molecule has 0 N–H and O–H groups in total. The van der Waals surface area contributed by atoms with E-state index in [2.05, 4.69) is 33.8 Å². The average Bonchev–Trinajstić information content (AvgIpc) is 2.42. The van der Waals surface area contributed by atoms with Crippen LogP contribution < -0.4 is 0 Å². The fourth-order valence-electron chi connectivity index (χ4n) is 2.11. The number of hydrogen-bond acceptors (Lipinski definition) is 1. The van der Waals surface area contributed by atoms with Crippen LogP contribution in [0, 0.1) is 12.8 Å². The first kappa shape index (κ1) is 16.2. The molecule has 0 bridgehead atoms. The van der Waals surface area contributed by atoms with Crippen LogP contribution in [0.4, 0.5) is 0 Å². The van der Waals surface area contributed by atoms with E-state index in [0.717, 1.165) is 22.6 Å². The molecule has 1 rings (SSSR count). The Hall–Kier alpha value is -0.890. The van der Waals surface area contributed by atoms with E-state index in [9.17, 15) is 4.21 Å². The first-order valence-corrected chi connectivity index (χ1v) is 8.43. The van der Waals surface area contributed by atoms with E-state index in [0.29, 0.717) is 5.92 Å². The molecule has 0 aliphatic carbocycles. The predicted octanol–water partition coefficient (Wildman–Crippen LogP) is 5.22. The maximum absolute atomic E-state index is 12.7. The van der Waals surface area contributed by atoms with Gasteiger partial charge in [-0.15, -0.1) is 0 Å². The van der Waals surface area contributed by atoms with Crippen molar-refractivity contribution in [3.05, 3.63) is 40.8 Å². The molecule has 0 heterocycles. The summed E-state index contributed by atoms with van der Waals surface area (Å²) in [6, 6.07) is 8.05. The lowest BCUT2D eigenvalue weighted by Gasteiger charge is -2.15. The molecule has 0 saturated heterocycles. The summed E-state index contributed by atoms with van der Waals surface area (Å²) in [4.78, 5) is 2.02. The van der Waals surface area contributed by atoms with Gasteiger partial charge in [-0.25, -0.2) is 4.21 Å². The number of unbranched alkanes of at least 4 members (excludes halogenated alkanes) is 1. The van der Waals surface area contributed by atoms with Gasteiger partial charge in [0.15, 0.2) is 0 Å². The molecule has 19 heavy (non-hydrogen) atoms. The summed E-state index contributed by atoms with van der Waals surface area (Å²) in [5.74, 6) is 0.405. The maximum Gasteiger partial charge on any atom is 0.0807 e. The number of benzene rings is 1. The van der Waals surface area contributed by atoms with Crippen LogP contribution in [-0.2, 0) is 10.8 Å². The minimum absolute atomic E-state index is 0.405. The van der Waals surface area contributed by atoms with Gasteiger partial charge in [0, 0.05) is 9.80 Å². The Morgan fingerprint density at radius 3 is 2.42 bits per heavy atom. The van der Waals surface area contributed by atoms with E-state index in [1.54, 1.807) is 0 Å². The van der Waals surface area contributed by atoms with E-state index in [-0.39, 0.29) is 0 Å². The Balaban J connectivity index is 2.90. The van der Waals surface area contributed by atoms with E-state index < -0.39 is 10.8 Å². The van der Waals surface area contributed by atoms with E-state index in [1.807, 2.05) is 24.3 Å². The molecule has 0 aliphatic rings. The molecule has 0 aromatic heterocycles. The molecular weight excluding hydrogens is 252 g/mol. The van der Waals surface area contributed by atoms with Gasteiger partial charge in [0.25, 0.3) is 0 Å². The molecule has 0 radical (unpaired) electrons. The summed E-state index contributed by atoms with van der Waals surface area (Å²) >= 11 is 0. The van der Waals surface area contributed by atoms with Crippen molar-refractivity contribution in [2.24, 2.45) is 5.92 Å². The summed E-state index contributed by atoms with van der Waals surface area (Å²) in [6.45, 7) is 8.56. The first-order valence-electron chi connectivity index (χ1n) is 7.28. The highest BCUT2D eigenvalue weighted by atomic mass is 32.2. The van der Waals surface area contributed by atoms with Crippen molar-refractivity contribution < 1.29 is 4.21 Å². The zero-order chi connectivity index (χ0) is 14.3. The van der Waals surface area contributed by atoms with Crippen molar-refractivity contribution in [1.29, 1.82) is 0 Å². The molecule has 0 spiro atoms. The standard InChI is InChI=1S/C17H26OS/c1-5-7-9-15(4)17(8-6-2)19(18)16-12-10-14(3)11-13-16/h8,10-13,15H,5-7,9H2,1-4H3/b17-8+/t15-,19?/m0/s1. The predicted molar refractivity (Wildman–Crippen MR) is 84.7 cm³/mol. The summed E-state index contributed by atoms with van der Waals surface area (Å²) in [7, 11) is -1.00. The number of hydrogen-bond donors (Lipinski definition) is 0. The molecule has 0 fully saturated rings. The summed E-state index contributed by atoms with van der Waals surface area (Å²) in [5, 5.41) is 0. The van der Waals surface area contributed by atoms with Gasteiger partial charge < -0.3 is 0 Å². The third-order valence-electron chi connectivity index (χ3n) is 3.33. The number of rotatable bonds is 7. The van der Waals surface area contributed by atoms with Crippen LogP contribution in [0.15, 0.2) is 40.1 Å². The average molecular weight is 278 g/mol. The minimum atomic E-state index is -1.00. The van der Waals surface area contributed by atoms with Gasteiger partial charge >= 0.3 is 0 Å². The van der Waals surface area contributed by atoms with Crippen molar-refractivity contribution in [1.82, 2.24) is 0 Å². The summed E-state index contributed by atoms with van der Waals surface area (Å²) in [5.41, 5.74) is 1.21. The lowest BCUT2D eigenvalue weighted by molar-refractivity contribution is 0.584. The van der Waals surface area contributed by atoms with Gasteiger partial charge in [-0.05, 0) is 37.8 Å². The van der Waals surface area contributed by atoms with E-state index in [1.165, 1.54) is 18.4 Å². The second-order valence-corrected chi connectivity index (χ2v) is 6.62. The molecule has 1 unspecified atom stereocenters. The lowest BCUT2D eigenvalue weighted by atomic mass is 10.0. The highest BCUT2D eigenvalue weighted by Gasteiger charge is 2.16. The molecular formula is C17H26OS. The zero-order valence-electron chi connectivity index (χ0n) is 12.6. The Morgan fingerprint density at radius 2 is 1.89 bits per heavy atom. The fraction of sp³-hybridized carbons (Fsp3) is 0.529. The molecule has 0 amide bonds. The molecule has 0 saturated carbocycles. The van der Waals surface area contributed by atoms with Crippen molar-refractivity contribution in [2.45, 2.75) is 58.3 Å². The Morgan fingerprint density at radius 1 is 1.26 bits per heavy atom. The van der Waals surface area contributed by atoms with Gasteiger partial charge in [-0.3, -0.25) is 0 Å². The topological polar surface area (TPSA) is 17.1 Å². The Bertz CT molecular complexity index is 431. The van der Waals surface area contributed by atoms with Crippen LogP contribution in [0.2, 0.25) is 0 Å². The normalized spacial score (nSPS) is 15.3. The third kappa shape index (κ3) is 4.94. The van der Waals surface area contributed by atoms with Crippen molar-refractivity contribution in [3.8, 4) is 0 Å². The van der Waals surface area contributed by atoms with Crippen LogP contribution in [0.1, 0.15) is 52.0 Å². The van der Waals surface area contributed by atoms with Gasteiger partial charge in [0.2, 0.25) is 0 Å². The minimum Gasteiger partial charge on any atom is -0.249 e. The SMILES string of the molecule is CC/C=C(\[C@@H](C)CCCC)S(=O)c1ccc(C)cc1. The summed E-state index contributed by atoms with van der Waals surface area (Å²) < 4.78 is 12.7. The van der Waals surface area contributed by atoms with E-state index >= 15 is 0 Å². The van der Waals surface area contributed by atoms with Gasteiger partial charge in [-0.2, -0.15) is 0 Å². The van der Waals surface area contributed by atoms with E-state index in [4.69, 9.17) is 0 Å². The second kappa shape index (κ2) is 8.31. The molecule has 2 heteroatoms. The van der Waals surface area contributed by atoms with Crippen LogP contribution in [0.5, 0.6) is 0 Å². The lowest BCUT2D eigenvalue weighted by Crippen LogP contribution is -2.06. The largest absolute Gasteiger partial charge is 0.249 e. The molecule has 1 aromatic rings. The Kier molecular flexibility index (Phi) is 7.07. The van der Waals surface area contributed by atoms with Crippen molar-refractivity contribution >= 4 is 10.8 Å². The van der Waals surface area contributed by atoms with Gasteiger partial charge in [0.1, 0.15) is 0 Å². The molecule has 2 atom stereocenters. The first-order chi connectivity index (χ1) is 9.10. The highest BCUT2D eigenvalue weighted by Crippen LogP contribution is 2.26. The Labute approximate surface area is 120 Å². The molecule has 106 valence electrons. The second-order valence-electron chi connectivity index (χ2n) is 5.14. The van der Waals surface area contributed by atoms with Gasteiger partial charge in [0.05, 0.1) is 10.8 Å². The van der Waals surface area contributed by atoms with Crippen LogP contribution in [-0.4, -0.2) is 4.21 Å². The van der Waals surface area contributed by atoms with Gasteiger partial charge in [-0.1, -0.05) is 57.4 Å². The van der Waals surface area contributed by atoms with Crippen molar-refractivity contribution in [2.75, 3.05) is 0 Å². The number of aryl methyl sites for hydroxylation is 1. The fourth-order valence-corrected chi connectivity index (χ4v) is 3.57. The highest BCUT2D eigenvalue weighted by molar-refractivity contribution is 7.89. The van der Waals surface area contributed by atoms with Crippen LogP contribution in [0.25, 0.3) is 0 Å². The summed E-state index contributed by atoms with van der Waals surface area (Å²) in [6.07, 6.45) is 6.62. The zero-order valence-corrected chi connectivity index (χ0v) is 13.4.